The number of anilines is 2. The largest absolute Gasteiger partial charge is 0.378 e. The summed E-state index contributed by atoms with van der Waals surface area (Å²) in [5.74, 6) is -1.28. The maximum Gasteiger partial charge on any atom is 0.313 e. The first-order valence-electron chi connectivity index (χ1n) is 9.42. The van der Waals surface area contributed by atoms with Crippen molar-refractivity contribution in [3.8, 4) is 0 Å². The lowest BCUT2D eigenvalue weighted by Crippen LogP contribution is -3.07. The zero-order chi connectivity index (χ0) is 20.8. The van der Waals surface area contributed by atoms with Gasteiger partial charge in [0.1, 0.15) is 6.04 Å². The molecule has 0 fully saturated rings. The van der Waals surface area contributed by atoms with E-state index in [0.29, 0.717) is 12.2 Å². The van der Waals surface area contributed by atoms with Crippen molar-refractivity contribution in [2.24, 2.45) is 0 Å². The monoisotopic (exact) mass is 383 g/mol. The van der Waals surface area contributed by atoms with Crippen molar-refractivity contribution in [3.63, 3.8) is 0 Å². The molecule has 0 saturated carbocycles. The number of nitrogens with one attached hydrogen (secondary N) is 3. The summed E-state index contributed by atoms with van der Waals surface area (Å²) < 4.78 is 0. The molecular weight excluding hydrogens is 352 g/mol. The Morgan fingerprint density at radius 2 is 1.54 bits per heavy atom. The van der Waals surface area contributed by atoms with E-state index in [9.17, 15) is 9.59 Å². The summed E-state index contributed by atoms with van der Waals surface area (Å²) in [7, 11) is 8.06. The van der Waals surface area contributed by atoms with Gasteiger partial charge in [-0.2, -0.15) is 0 Å². The number of rotatable bonds is 6. The van der Waals surface area contributed by atoms with E-state index in [1.54, 1.807) is 0 Å². The van der Waals surface area contributed by atoms with Gasteiger partial charge in [-0.25, -0.2) is 0 Å². The van der Waals surface area contributed by atoms with Gasteiger partial charge < -0.3 is 20.4 Å². The lowest BCUT2D eigenvalue weighted by atomic mass is 10.1. The second-order valence-corrected chi connectivity index (χ2v) is 7.66. The molecule has 0 unspecified atom stereocenters. The van der Waals surface area contributed by atoms with Crippen LogP contribution in [0, 0.1) is 13.8 Å². The number of hydrogen-bond acceptors (Lipinski definition) is 3. The first kappa shape index (κ1) is 21.4. The normalized spacial score (nSPS) is 11.8. The first-order valence-corrected chi connectivity index (χ1v) is 9.42. The quantitative estimate of drug-likeness (QED) is 0.659. The Kier molecular flexibility index (Phi) is 7.18. The molecule has 6 heteroatoms. The average molecular weight is 384 g/mol. The summed E-state index contributed by atoms with van der Waals surface area (Å²) in [6.07, 6.45) is 0. The third-order valence-corrected chi connectivity index (χ3v) is 4.66. The topological polar surface area (TPSA) is 65.9 Å². The van der Waals surface area contributed by atoms with E-state index in [-0.39, 0.29) is 6.04 Å². The molecule has 0 saturated heterocycles. The number of carbonyl (C=O) groups is 2. The maximum absolute atomic E-state index is 12.3. The minimum atomic E-state index is -0.652. The Hall–Kier alpha value is -2.86. The van der Waals surface area contributed by atoms with E-state index < -0.39 is 11.8 Å². The summed E-state index contributed by atoms with van der Waals surface area (Å²) in [6.45, 7) is 4.28. The van der Waals surface area contributed by atoms with Crippen LogP contribution in [-0.2, 0) is 9.59 Å². The molecule has 150 valence electrons. The SMILES string of the molecule is Cc1cc(C)cc(NC(=O)C(=O)NC[C@@H](c2ccc(N(C)C)cc2)[NH+](C)C)c1. The van der Waals surface area contributed by atoms with Crippen LogP contribution < -0.4 is 20.4 Å². The maximum atomic E-state index is 12.3. The van der Waals surface area contributed by atoms with E-state index >= 15 is 0 Å². The highest BCUT2D eigenvalue weighted by Crippen LogP contribution is 2.16. The van der Waals surface area contributed by atoms with Crippen LogP contribution in [0.5, 0.6) is 0 Å². The van der Waals surface area contributed by atoms with Gasteiger partial charge in [-0.15, -0.1) is 0 Å². The standard InChI is InChI=1S/C22H30N4O2/c1-15-11-16(2)13-18(12-15)24-22(28)21(27)23-14-20(26(5)6)17-7-9-19(10-8-17)25(3)4/h7-13,20H,14H2,1-6H3,(H,23,27)(H,24,28)/p+1/t20-/m0/s1. The fourth-order valence-electron chi connectivity index (χ4n) is 3.17. The molecule has 0 aliphatic carbocycles. The van der Waals surface area contributed by atoms with Crippen LogP contribution in [0.2, 0.25) is 0 Å². The van der Waals surface area contributed by atoms with Crippen LogP contribution in [0.25, 0.3) is 0 Å². The Morgan fingerprint density at radius 1 is 0.964 bits per heavy atom. The molecule has 0 aromatic heterocycles. The van der Waals surface area contributed by atoms with Gasteiger partial charge in [-0.05, 0) is 49.2 Å². The van der Waals surface area contributed by atoms with Gasteiger partial charge in [0, 0.05) is 31.0 Å². The van der Waals surface area contributed by atoms with Crippen LogP contribution in [-0.4, -0.2) is 46.5 Å². The van der Waals surface area contributed by atoms with Gasteiger partial charge in [-0.3, -0.25) is 9.59 Å². The Morgan fingerprint density at radius 3 is 2.04 bits per heavy atom. The van der Waals surface area contributed by atoms with Gasteiger partial charge >= 0.3 is 11.8 Å². The van der Waals surface area contributed by atoms with Gasteiger partial charge in [0.2, 0.25) is 0 Å². The molecule has 3 N–H and O–H groups in total. The van der Waals surface area contributed by atoms with E-state index in [2.05, 4.69) is 34.9 Å². The van der Waals surface area contributed by atoms with Crippen LogP contribution in [0.1, 0.15) is 22.7 Å². The number of likely N-dealkylation sites (N-methyl/N-ethyl adjacent to an activating group) is 1. The van der Waals surface area contributed by atoms with E-state index in [1.165, 1.54) is 4.90 Å². The summed E-state index contributed by atoms with van der Waals surface area (Å²) in [4.78, 5) is 27.7. The van der Waals surface area contributed by atoms with Crippen molar-refractivity contribution in [2.45, 2.75) is 19.9 Å². The van der Waals surface area contributed by atoms with E-state index in [4.69, 9.17) is 0 Å². The fraction of sp³-hybridized carbons (Fsp3) is 0.364. The van der Waals surface area contributed by atoms with E-state index in [0.717, 1.165) is 22.4 Å². The Bertz CT molecular complexity index is 809. The number of nitrogens with zero attached hydrogens (tertiary/aromatic N) is 1. The molecule has 0 radical (unpaired) electrons. The lowest BCUT2D eigenvalue weighted by molar-refractivity contribution is -0.890. The Labute approximate surface area is 167 Å². The molecule has 2 aromatic carbocycles. The molecular formula is C22H31N4O2+. The summed E-state index contributed by atoms with van der Waals surface area (Å²) in [5.41, 5.74) is 4.93. The zero-order valence-corrected chi connectivity index (χ0v) is 17.6. The van der Waals surface area contributed by atoms with Gasteiger partial charge in [0.25, 0.3) is 0 Å². The lowest BCUT2D eigenvalue weighted by Gasteiger charge is -2.23. The second kappa shape index (κ2) is 9.37. The number of aryl methyl sites for hydroxylation is 2. The van der Waals surface area contributed by atoms with Crippen molar-refractivity contribution in [1.29, 1.82) is 0 Å². The van der Waals surface area contributed by atoms with Gasteiger partial charge in [0.15, 0.2) is 0 Å². The molecule has 6 nitrogen and oxygen atoms in total. The van der Waals surface area contributed by atoms with Crippen LogP contribution >= 0.6 is 0 Å². The molecule has 0 aliphatic rings. The van der Waals surface area contributed by atoms with Gasteiger partial charge in [-0.1, -0.05) is 18.2 Å². The van der Waals surface area contributed by atoms with Crippen LogP contribution in [0.4, 0.5) is 11.4 Å². The average Bonchev–Trinajstić information content (AvgIpc) is 2.60. The van der Waals surface area contributed by atoms with E-state index in [1.807, 2.05) is 65.1 Å². The third kappa shape index (κ3) is 5.82. The summed E-state index contributed by atoms with van der Waals surface area (Å²) >= 11 is 0. The third-order valence-electron chi connectivity index (χ3n) is 4.66. The molecule has 28 heavy (non-hydrogen) atoms. The summed E-state index contributed by atoms with van der Waals surface area (Å²) in [6, 6.07) is 14.0. The molecule has 1 atom stereocenters. The van der Waals surface area contributed by atoms with Gasteiger partial charge in [0.05, 0.1) is 20.6 Å². The minimum Gasteiger partial charge on any atom is -0.378 e. The second-order valence-electron chi connectivity index (χ2n) is 7.66. The Balaban J connectivity index is 2.00. The smallest absolute Gasteiger partial charge is 0.313 e. The van der Waals surface area contributed by atoms with Crippen molar-refractivity contribution in [3.05, 3.63) is 59.2 Å². The highest BCUT2D eigenvalue weighted by molar-refractivity contribution is 6.39. The van der Waals surface area contributed by atoms with Crippen LogP contribution in [0.3, 0.4) is 0 Å². The number of amides is 2. The fourth-order valence-corrected chi connectivity index (χ4v) is 3.17. The minimum absolute atomic E-state index is 0.0502. The number of benzene rings is 2. The van der Waals surface area contributed by atoms with Crippen molar-refractivity contribution >= 4 is 23.2 Å². The highest BCUT2D eigenvalue weighted by atomic mass is 16.2. The number of quaternary nitrogens is 1. The zero-order valence-electron chi connectivity index (χ0n) is 17.6. The first-order chi connectivity index (χ1) is 13.2. The predicted octanol–water partition coefficient (Wildman–Crippen LogP) is 1.31. The van der Waals surface area contributed by atoms with Crippen molar-refractivity contribution in [1.82, 2.24) is 5.32 Å². The summed E-state index contributed by atoms with van der Waals surface area (Å²) in [5, 5.41) is 5.44. The molecule has 0 spiro atoms. The highest BCUT2D eigenvalue weighted by Gasteiger charge is 2.21. The van der Waals surface area contributed by atoms with Crippen molar-refractivity contribution < 1.29 is 14.5 Å². The molecule has 0 bridgehead atoms. The molecule has 2 amide bonds. The number of carbonyl (C=O) groups excluding carboxylic acids is 2. The molecule has 2 aromatic rings. The van der Waals surface area contributed by atoms with Crippen molar-refractivity contribution in [2.75, 3.05) is 45.0 Å². The number of hydrogen-bond donors (Lipinski definition) is 3. The molecule has 0 aliphatic heterocycles. The molecule has 0 heterocycles. The molecule has 2 rings (SSSR count). The van der Waals surface area contributed by atoms with Crippen LogP contribution in [0.15, 0.2) is 42.5 Å². The predicted molar refractivity (Wildman–Crippen MR) is 114 cm³/mol.